The Morgan fingerprint density at radius 1 is 1.33 bits per heavy atom. The minimum atomic E-state index is -3.49. The van der Waals surface area contributed by atoms with E-state index >= 15 is 0 Å². The van der Waals surface area contributed by atoms with Gasteiger partial charge in [-0.3, -0.25) is 0 Å². The van der Waals surface area contributed by atoms with Gasteiger partial charge in [-0.2, -0.15) is 0 Å². The van der Waals surface area contributed by atoms with Crippen molar-refractivity contribution in [3.63, 3.8) is 0 Å². The van der Waals surface area contributed by atoms with Gasteiger partial charge in [0, 0.05) is 12.6 Å². The maximum absolute atomic E-state index is 12.8. The van der Waals surface area contributed by atoms with E-state index in [0.717, 1.165) is 12.1 Å². The first kappa shape index (κ1) is 13.5. The molecule has 2 atom stereocenters. The van der Waals surface area contributed by atoms with E-state index in [1.165, 1.54) is 12.1 Å². The molecule has 1 fully saturated rings. The number of nitrogens with one attached hydrogen (secondary N) is 1. The lowest BCUT2D eigenvalue weighted by Crippen LogP contribution is -2.49. The van der Waals surface area contributed by atoms with Crippen molar-refractivity contribution in [2.75, 3.05) is 20.3 Å². The van der Waals surface area contributed by atoms with Crippen LogP contribution >= 0.6 is 0 Å². The van der Waals surface area contributed by atoms with Crippen molar-refractivity contribution in [1.29, 1.82) is 0 Å². The average molecular weight is 273 g/mol. The number of benzene rings is 1. The van der Waals surface area contributed by atoms with Gasteiger partial charge in [-0.1, -0.05) is 0 Å². The van der Waals surface area contributed by atoms with Gasteiger partial charge in [0.05, 0.1) is 11.5 Å². The van der Waals surface area contributed by atoms with Crippen LogP contribution in [-0.4, -0.2) is 40.0 Å². The lowest BCUT2D eigenvalue weighted by Gasteiger charge is -2.30. The number of hydrogen-bond donors (Lipinski definition) is 1. The van der Waals surface area contributed by atoms with E-state index < -0.39 is 20.9 Å². The molecule has 0 amide bonds. The smallest absolute Gasteiger partial charge is 0.185 e. The zero-order valence-electron chi connectivity index (χ0n) is 10.1. The van der Waals surface area contributed by atoms with Gasteiger partial charge in [-0.25, -0.2) is 12.8 Å². The van der Waals surface area contributed by atoms with Gasteiger partial charge in [-0.05, 0) is 37.7 Å². The summed E-state index contributed by atoms with van der Waals surface area (Å²) in [5.41, 5.74) is 0. The van der Waals surface area contributed by atoms with Gasteiger partial charge in [-0.15, -0.1) is 0 Å². The second kappa shape index (κ2) is 5.34. The quantitative estimate of drug-likeness (QED) is 0.834. The minimum absolute atomic E-state index is 0.131. The molecule has 4 nitrogen and oxygen atoms in total. The van der Waals surface area contributed by atoms with Crippen LogP contribution in [-0.2, 0) is 14.6 Å². The zero-order chi connectivity index (χ0) is 13.2. The maximum Gasteiger partial charge on any atom is 0.185 e. The molecular weight excluding hydrogens is 257 g/mol. The predicted octanol–water partition coefficient (Wildman–Crippen LogP) is 0.976. The van der Waals surface area contributed by atoms with Crippen molar-refractivity contribution in [3.05, 3.63) is 30.1 Å². The Kier molecular flexibility index (Phi) is 3.99. The maximum atomic E-state index is 12.8. The summed E-state index contributed by atoms with van der Waals surface area (Å²) in [6.45, 7) is 0.728. The fraction of sp³-hybridized carbons (Fsp3) is 0.500. The average Bonchev–Trinajstić information content (AvgIpc) is 2.39. The molecule has 0 bridgehead atoms. The first-order valence-corrected chi connectivity index (χ1v) is 7.35. The third-order valence-electron chi connectivity index (χ3n) is 3.22. The summed E-state index contributed by atoms with van der Waals surface area (Å²) in [4.78, 5) is 0.139. The van der Waals surface area contributed by atoms with E-state index in [2.05, 4.69) is 5.32 Å². The Hall–Kier alpha value is -0.980. The van der Waals surface area contributed by atoms with E-state index in [1.54, 1.807) is 7.05 Å². The van der Waals surface area contributed by atoms with Crippen LogP contribution in [0.3, 0.4) is 0 Å². The Morgan fingerprint density at radius 2 is 2.00 bits per heavy atom. The second-order valence-electron chi connectivity index (χ2n) is 4.30. The third kappa shape index (κ3) is 2.55. The molecule has 18 heavy (non-hydrogen) atoms. The molecule has 1 saturated heterocycles. The molecule has 0 aromatic heterocycles. The highest BCUT2D eigenvalue weighted by molar-refractivity contribution is 7.92. The Bertz CT molecular complexity index is 501. The number of rotatable bonds is 3. The number of sulfone groups is 1. The standard InChI is InChI=1S/C12H16FNO3S/c1-14-11-6-7-17-8-12(11)18(15,16)10-4-2-9(13)3-5-10/h2-5,11-12,14H,6-8H2,1H3. The molecule has 2 rings (SSSR count). The van der Waals surface area contributed by atoms with Gasteiger partial charge >= 0.3 is 0 Å². The highest BCUT2D eigenvalue weighted by Gasteiger charge is 2.36. The molecule has 1 aromatic rings. The number of ether oxygens (including phenoxy) is 1. The van der Waals surface area contributed by atoms with Crippen molar-refractivity contribution in [1.82, 2.24) is 5.32 Å². The van der Waals surface area contributed by atoms with Crippen LogP contribution in [0.5, 0.6) is 0 Å². The largest absolute Gasteiger partial charge is 0.380 e. The molecule has 0 saturated carbocycles. The first-order valence-electron chi connectivity index (χ1n) is 5.80. The molecule has 6 heteroatoms. The third-order valence-corrected chi connectivity index (χ3v) is 5.41. The fourth-order valence-corrected chi connectivity index (χ4v) is 3.99. The van der Waals surface area contributed by atoms with E-state index in [0.29, 0.717) is 13.0 Å². The lowest BCUT2D eigenvalue weighted by molar-refractivity contribution is 0.0825. The molecule has 1 aliphatic rings. The highest BCUT2D eigenvalue weighted by Crippen LogP contribution is 2.23. The topological polar surface area (TPSA) is 55.4 Å². The van der Waals surface area contributed by atoms with E-state index in [9.17, 15) is 12.8 Å². The molecular formula is C12H16FNO3S. The van der Waals surface area contributed by atoms with Crippen molar-refractivity contribution >= 4 is 9.84 Å². The highest BCUT2D eigenvalue weighted by atomic mass is 32.2. The zero-order valence-corrected chi connectivity index (χ0v) is 10.9. The molecule has 100 valence electrons. The van der Waals surface area contributed by atoms with E-state index in [-0.39, 0.29) is 17.5 Å². The summed E-state index contributed by atoms with van der Waals surface area (Å²) in [5.74, 6) is -0.445. The minimum Gasteiger partial charge on any atom is -0.380 e. The molecule has 0 spiro atoms. The van der Waals surface area contributed by atoms with Gasteiger partial charge in [0.15, 0.2) is 9.84 Å². The fourth-order valence-electron chi connectivity index (χ4n) is 2.15. The number of halogens is 1. The molecule has 1 heterocycles. The van der Waals surface area contributed by atoms with Crippen LogP contribution in [0.2, 0.25) is 0 Å². The molecule has 0 aliphatic carbocycles. The van der Waals surface area contributed by atoms with Gasteiger partial charge < -0.3 is 10.1 Å². The summed E-state index contributed by atoms with van der Waals surface area (Å²) in [7, 11) is -1.75. The van der Waals surface area contributed by atoms with E-state index in [4.69, 9.17) is 4.74 Å². The normalized spacial score (nSPS) is 25.0. The molecule has 1 aromatic carbocycles. The summed E-state index contributed by atoms with van der Waals surface area (Å²) < 4.78 is 42.9. The van der Waals surface area contributed by atoms with E-state index in [1.807, 2.05) is 0 Å². The monoisotopic (exact) mass is 273 g/mol. The molecule has 1 N–H and O–H groups in total. The molecule has 0 radical (unpaired) electrons. The molecule has 2 unspecified atom stereocenters. The first-order chi connectivity index (χ1) is 8.55. The van der Waals surface area contributed by atoms with Gasteiger partial charge in [0.1, 0.15) is 11.1 Å². The summed E-state index contributed by atoms with van der Waals surface area (Å²) in [6, 6.07) is 4.78. The number of hydrogen-bond acceptors (Lipinski definition) is 4. The Labute approximate surface area is 106 Å². The van der Waals surface area contributed by atoms with Crippen LogP contribution in [0.25, 0.3) is 0 Å². The summed E-state index contributed by atoms with van der Waals surface area (Å²) in [6.07, 6.45) is 0.654. The van der Waals surface area contributed by atoms with Crippen molar-refractivity contribution < 1.29 is 17.5 Å². The van der Waals surface area contributed by atoms with Crippen LogP contribution < -0.4 is 5.32 Å². The summed E-state index contributed by atoms with van der Waals surface area (Å²) in [5, 5.41) is 2.38. The van der Waals surface area contributed by atoms with Crippen LogP contribution in [0, 0.1) is 5.82 Å². The SMILES string of the molecule is CNC1CCOCC1S(=O)(=O)c1ccc(F)cc1. The van der Waals surface area contributed by atoms with Crippen LogP contribution in [0.15, 0.2) is 29.2 Å². The predicted molar refractivity (Wildman–Crippen MR) is 65.7 cm³/mol. The Balaban J connectivity index is 2.32. The van der Waals surface area contributed by atoms with Crippen molar-refractivity contribution in [2.45, 2.75) is 22.6 Å². The summed E-state index contributed by atoms with van der Waals surface area (Å²) >= 11 is 0. The lowest BCUT2D eigenvalue weighted by atomic mass is 10.1. The van der Waals surface area contributed by atoms with Crippen LogP contribution in [0.1, 0.15) is 6.42 Å². The molecule has 1 aliphatic heterocycles. The van der Waals surface area contributed by atoms with Gasteiger partial charge in [0.25, 0.3) is 0 Å². The van der Waals surface area contributed by atoms with Crippen molar-refractivity contribution in [3.8, 4) is 0 Å². The van der Waals surface area contributed by atoms with Gasteiger partial charge in [0.2, 0.25) is 0 Å². The van der Waals surface area contributed by atoms with Crippen LogP contribution in [0.4, 0.5) is 4.39 Å². The second-order valence-corrected chi connectivity index (χ2v) is 6.46. The Morgan fingerprint density at radius 3 is 2.61 bits per heavy atom. The van der Waals surface area contributed by atoms with Crippen molar-refractivity contribution in [2.24, 2.45) is 0 Å².